The number of ether oxygens (including phenoxy) is 1. The molecule has 3 aromatic rings. The average Bonchev–Trinajstić information content (AvgIpc) is 2.62. The Kier molecular flexibility index (Phi) is 4.63. The maximum Gasteiger partial charge on any atom is 0.244 e. The van der Waals surface area contributed by atoms with E-state index >= 15 is 0 Å². The molecule has 0 radical (unpaired) electrons. The Bertz CT molecular complexity index is 746. The van der Waals surface area contributed by atoms with E-state index in [-0.39, 0.29) is 0 Å². The van der Waals surface area contributed by atoms with Gasteiger partial charge in [0, 0.05) is 12.2 Å². The van der Waals surface area contributed by atoms with Crippen molar-refractivity contribution in [2.45, 2.75) is 6.54 Å². The van der Waals surface area contributed by atoms with Crippen molar-refractivity contribution in [1.29, 1.82) is 0 Å². The predicted octanol–water partition coefficient (Wildman–Crippen LogP) is 3.24. The van der Waals surface area contributed by atoms with Crippen LogP contribution in [-0.4, -0.2) is 22.3 Å². The van der Waals surface area contributed by atoms with Crippen molar-refractivity contribution in [2.24, 2.45) is 0 Å². The van der Waals surface area contributed by atoms with Crippen molar-refractivity contribution < 1.29 is 4.74 Å². The molecule has 0 saturated carbocycles. The molecule has 6 heteroatoms. The summed E-state index contributed by atoms with van der Waals surface area (Å²) >= 11 is 0. The number of aromatic nitrogens is 3. The highest BCUT2D eigenvalue weighted by Gasteiger charge is 2.02. The van der Waals surface area contributed by atoms with Gasteiger partial charge in [-0.25, -0.2) is 0 Å². The fourth-order valence-electron chi connectivity index (χ4n) is 2.04. The third-order valence-electron chi connectivity index (χ3n) is 3.21. The first kappa shape index (κ1) is 14.8. The summed E-state index contributed by atoms with van der Waals surface area (Å²) in [7, 11) is 1.64. The van der Waals surface area contributed by atoms with E-state index in [1.807, 2.05) is 54.6 Å². The van der Waals surface area contributed by atoms with Crippen molar-refractivity contribution in [2.75, 3.05) is 17.7 Å². The predicted molar refractivity (Wildman–Crippen MR) is 89.9 cm³/mol. The highest BCUT2D eigenvalue weighted by atomic mass is 16.5. The van der Waals surface area contributed by atoms with Gasteiger partial charge in [-0.15, -0.1) is 5.10 Å². The normalized spacial score (nSPS) is 10.1. The van der Waals surface area contributed by atoms with E-state index in [1.54, 1.807) is 13.3 Å². The summed E-state index contributed by atoms with van der Waals surface area (Å²) in [6.45, 7) is 0.647. The van der Waals surface area contributed by atoms with E-state index in [9.17, 15) is 0 Å². The highest BCUT2D eigenvalue weighted by Crippen LogP contribution is 2.18. The van der Waals surface area contributed by atoms with Crippen LogP contribution in [0.5, 0.6) is 5.75 Å². The smallest absolute Gasteiger partial charge is 0.244 e. The van der Waals surface area contributed by atoms with Crippen LogP contribution in [-0.2, 0) is 6.54 Å². The van der Waals surface area contributed by atoms with E-state index in [1.165, 1.54) is 0 Å². The largest absolute Gasteiger partial charge is 0.497 e. The molecule has 0 saturated heterocycles. The fraction of sp³-hybridized carbons (Fsp3) is 0.118. The molecule has 3 rings (SSSR count). The van der Waals surface area contributed by atoms with Gasteiger partial charge >= 0.3 is 0 Å². The molecule has 0 amide bonds. The molecular formula is C17H17N5O. The van der Waals surface area contributed by atoms with Crippen LogP contribution in [0.2, 0.25) is 0 Å². The summed E-state index contributed by atoms with van der Waals surface area (Å²) in [6, 6.07) is 17.7. The molecular weight excluding hydrogens is 290 g/mol. The maximum absolute atomic E-state index is 5.14. The number of rotatable bonds is 6. The lowest BCUT2D eigenvalue weighted by Gasteiger charge is -2.08. The minimum atomic E-state index is 0.479. The first-order valence-electron chi connectivity index (χ1n) is 7.22. The Morgan fingerprint density at radius 1 is 1.00 bits per heavy atom. The van der Waals surface area contributed by atoms with Gasteiger partial charge < -0.3 is 15.4 Å². The number of nitrogens with zero attached hydrogens (tertiary/aromatic N) is 3. The van der Waals surface area contributed by atoms with Crippen LogP contribution >= 0.6 is 0 Å². The molecule has 116 valence electrons. The molecule has 1 aromatic heterocycles. The number of benzene rings is 2. The number of anilines is 3. The SMILES string of the molecule is COc1ccc(Nc2cnnc(NCc3ccccc3)n2)cc1. The Labute approximate surface area is 134 Å². The van der Waals surface area contributed by atoms with E-state index < -0.39 is 0 Å². The zero-order valence-electron chi connectivity index (χ0n) is 12.7. The summed E-state index contributed by atoms with van der Waals surface area (Å²) in [5.41, 5.74) is 2.06. The minimum Gasteiger partial charge on any atom is -0.497 e. The Balaban J connectivity index is 1.64. The van der Waals surface area contributed by atoms with Gasteiger partial charge in [0.15, 0.2) is 5.82 Å². The van der Waals surface area contributed by atoms with Crippen molar-refractivity contribution in [3.63, 3.8) is 0 Å². The standard InChI is InChI=1S/C17H17N5O/c1-23-15-9-7-14(8-10-15)20-16-12-19-22-17(21-16)18-11-13-5-3-2-4-6-13/h2-10,12H,11H2,1H3,(H2,18,20,21,22). The van der Waals surface area contributed by atoms with E-state index in [4.69, 9.17) is 4.74 Å². The molecule has 2 N–H and O–H groups in total. The maximum atomic E-state index is 5.14. The monoisotopic (exact) mass is 307 g/mol. The molecule has 23 heavy (non-hydrogen) atoms. The van der Waals surface area contributed by atoms with E-state index in [0.717, 1.165) is 17.0 Å². The van der Waals surface area contributed by atoms with Gasteiger partial charge in [-0.05, 0) is 29.8 Å². The first-order chi connectivity index (χ1) is 11.3. The van der Waals surface area contributed by atoms with Gasteiger partial charge in [0.05, 0.1) is 13.3 Å². The number of hydrogen-bond donors (Lipinski definition) is 2. The third-order valence-corrected chi connectivity index (χ3v) is 3.21. The van der Waals surface area contributed by atoms with Crippen molar-refractivity contribution in [3.8, 4) is 5.75 Å². The molecule has 0 unspecified atom stereocenters. The number of hydrogen-bond acceptors (Lipinski definition) is 6. The lowest BCUT2D eigenvalue weighted by Crippen LogP contribution is -2.06. The minimum absolute atomic E-state index is 0.479. The molecule has 0 fully saturated rings. The molecule has 0 atom stereocenters. The second-order valence-corrected chi connectivity index (χ2v) is 4.86. The fourth-order valence-corrected chi connectivity index (χ4v) is 2.04. The Morgan fingerprint density at radius 2 is 1.78 bits per heavy atom. The van der Waals surface area contributed by atoms with Crippen molar-refractivity contribution >= 4 is 17.5 Å². The summed E-state index contributed by atoms with van der Waals surface area (Å²) in [5.74, 6) is 1.91. The van der Waals surface area contributed by atoms with Crippen LogP contribution in [0.25, 0.3) is 0 Å². The number of nitrogens with one attached hydrogen (secondary N) is 2. The molecule has 2 aromatic carbocycles. The van der Waals surface area contributed by atoms with Crippen molar-refractivity contribution in [3.05, 3.63) is 66.4 Å². The highest BCUT2D eigenvalue weighted by molar-refractivity contribution is 5.57. The Hall–Kier alpha value is -3.15. The molecule has 6 nitrogen and oxygen atoms in total. The summed E-state index contributed by atoms with van der Waals surface area (Å²) in [6.07, 6.45) is 1.58. The van der Waals surface area contributed by atoms with Gasteiger partial charge in [0.25, 0.3) is 0 Å². The number of methoxy groups -OCH3 is 1. The Morgan fingerprint density at radius 3 is 2.52 bits per heavy atom. The van der Waals surface area contributed by atoms with Gasteiger partial charge in [0.2, 0.25) is 5.95 Å². The average molecular weight is 307 g/mol. The molecule has 0 aliphatic heterocycles. The van der Waals surface area contributed by atoms with Crippen LogP contribution in [0.1, 0.15) is 5.56 Å². The second-order valence-electron chi connectivity index (χ2n) is 4.86. The van der Waals surface area contributed by atoms with Gasteiger partial charge in [-0.2, -0.15) is 10.1 Å². The zero-order valence-corrected chi connectivity index (χ0v) is 12.7. The lowest BCUT2D eigenvalue weighted by molar-refractivity contribution is 0.415. The molecule has 0 aliphatic rings. The molecule has 0 bridgehead atoms. The third kappa shape index (κ3) is 4.16. The van der Waals surface area contributed by atoms with Crippen molar-refractivity contribution in [1.82, 2.24) is 15.2 Å². The molecule has 0 spiro atoms. The topological polar surface area (TPSA) is 72.0 Å². The van der Waals surface area contributed by atoms with Crippen LogP contribution in [0.15, 0.2) is 60.8 Å². The molecule has 1 heterocycles. The van der Waals surface area contributed by atoms with Crippen LogP contribution in [0.4, 0.5) is 17.5 Å². The van der Waals surface area contributed by atoms with Gasteiger partial charge in [-0.3, -0.25) is 0 Å². The van der Waals surface area contributed by atoms with Crippen LogP contribution in [0.3, 0.4) is 0 Å². The molecule has 0 aliphatic carbocycles. The van der Waals surface area contributed by atoms with E-state index in [0.29, 0.717) is 18.3 Å². The van der Waals surface area contributed by atoms with Crippen LogP contribution in [0, 0.1) is 0 Å². The van der Waals surface area contributed by atoms with Gasteiger partial charge in [0.1, 0.15) is 5.75 Å². The zero-order chi connectivity index (χ0) is 15.9. The van der Waals surface area contributed by atoms with E-state index in [2.05, 4.69) is 25.8 Å². The summed E-state index contributed by atoms with van der Waals surface area (Å²) < 4.78 is 5.14. The first-order valence-corrected chi connectivity index (χ1v) is 7.22. The summed E-state index contributed by atoms with van der Waals surface area (Å²) in [4.78, 5) is 4.40. The second kappa shape index (κ2) is 7.22. The lowest BCUT2D eigenvalue weighted by atomic mass is 10.2. The van der Waals surface area contributed by atoms with Crippen LogP contribution < -0.4 is 15.4 Å². The quantitative estimate of drug-likeness (QED) is 0.728. The summed E-state index contributed by atoms with van der Waals surface area (Å²) in [5, 5.41) is 14.3. The van der Waals surface area contributed by atoms with Gasteiger partial charge in [-0.1, -0.05) is 30.3 Å².